The van der Waals surface area contributed by atoms with E-state index in [0.29, 0.717) is 5.95 Å². The number of carbonyl (C=O) groups excluding carboxylic acids is 6. The number of methoxy groups -OCH3 is 1. The Morgan fingerprint density at radius 1 is 0.521 bits per heavy atom. The van der Waals surface area contributed by atoms with Crippen LogP contribution in [-0.4, -0.2) is 84.4 Å². The molecule has 5 rings (SSSR count). The average molecular weight is 1050 g/mol. The van der Waals surface area contributed by atoms with E-state index in [1.54, 1.807) is 20.1 Å². The van der Waals surface area contributed by atoms with Gasteiger partial charge in [-0.15, -0.1) is 12.6 Å². The number of hydrogen-bond acceptors (Lipinski definition) is 14. The predicted molar refractivity (Wildman–Crippen MR) is 287 cm³/mol. The molecule has 0 aliphatic rings. The molecule has 71 heavy (non-hydrogen) atoms. The van der Waals surface area contributed by atoms with Crippen molar-refractivity contribution >= 4 is 61.1 Å². The Morgan fingerprint density at radius 3 is 0.789 bits per heavy atom. The fourth-order valence-corrected chi connectivity index (χ4v) is 2.35. The van der Waals surface area contributed by atoms with Crippen LogP contribution < -0.4 is 4.74 Å². The van der Waals surface area contributed by atoms with E-state index in [2.05, 4.69) is 4.52 Å². The van der Waals surface area contributed by atoms with Crippen molar-refractivity contribution < 1.29 is 79.3 Å². The van der Waals surface area contributed by atoms with Crippen molar-refractivity contribution in [1.82, 2.24) is 0 Å². The molecule has 17 nitrogen and oxygen atoms in total. The summed E-state index contributed by atoms with van der Waals surface area (Å²) >= 11 is 0. The number of rotatable bonds is 4. The molecule has 0 bridgehead atoms. The lowest BCUT2D eigenvalue weighted by molar-refractivity contribution is -0.148. The molecule has 0 spiro atoms. The molecule has 0 saturated heterocycles. The second-order valence-electron chi connectivity index (χ2n) is 9.64. The van der Waals surface area contributed by atoms with Crippen LogP contribution in [0.4, 0.5) is 0 Å². The number of aldehydes is 4. The summed E-state index contributed by atoms with van der Waals surface area (Å²) in [6.07, 6.45) is 3.00. The third-order valence-electron chi connectivity index (χ3n) is 4.64. The zero-order chi connectivity index (χ0) is 56.2. The Hall–Kier alpha value is -6.82. The van der Waals surface area contributed by atoms with Crippen LogP contribution in [0.25, 0.3) is 0 Å². The van der Waals surface area contributed by atoms with Gasteiger partial charge in [0.15, 0.2) is 5.78 Å². The lowest BCUT2D eigenvalue weighted by Crippen LogP contribution is -2.05. The standard InChI is InChI=1S/C8H8O.C6H8O2.3C6H6.C3H4O3.4C2H4O.3C2H6.CH5O4P.2CH4.O3S/c1-7(9)8-5-3-2-4-6-8;1-5-3-4-6(7-2)8-5;3*1-2-4-6-5-3-1;1-2(4)3(5)6;4*1-2-3;3*1-2;1-5-6(2,3)4;;;1-4(2)3/h2-6H,1H3;3-4H,1-2H3;3*1-6H;1H3,(H,5,6);4*2H,1H3;3*1-2H3;1H3,(H2,2,3,4);2*1H4;. The number of furan rings is 1. The second kappa shape index (κ2) is 89.7. The second-order valence-corrected chi connectivity index (χ2v) is 11.4. The third-order valence-corrected chi connectivity index (χ3v) is 5.11. The van der Waals surface area contributed by atoms with Crippen LogP contribution >= 0.6 is 7.82 Å². The maximum Gasteiger partial charge on any atom is 0.469 e. The van der Waals surface area contributed by atoms with Crippen LogP contribution in [-0.2, 0) is 48.5 Å². The minimum Gasteiger partial charge on any atom is -0.476 e. The number of Topliss-reactive ketones (excluding diaryl/α,β-unsaturated/α-hetero) is 2. The van der Waals surface area contributed by atoms with Gasteiger partial charge in [0.1, 0.15) is 30.9 Å². The molecule has 0 atom stereocenters. The molecule has 1 aromatic heterocycles. The summed E-state index contributed by atoms with van der Waals surface area (Å²) in [6.45, 7) is 22.2. The number of carboxylic acid groups (broad SMARTS) is 1. The molecule has 0 aliphatic heterocycles. The van der Waals surface area contributed by atoms with Gasteiger partial charge in [-0.05, 0) is 47.6 Å². The smallest absolute Gasteiger partial charge is 0.469 e. The van der Waals surface area contributed by atoms with Crippen molar-refractivity contribution in [3.63, 3.8) is 0 Å². The molecule has 4 aromatic carbocycles. The SMILES string of the molecule is C.C.CC.CC.CC.CC(=O)C(=O)O.CC(=O)c1ccccc1.CC=O.CC=O.CC=O.CC=O.COP(=O)(O)O.COc1ccc(C)o1.O=S(=O)=O.c1ccccc1.c1ccccc1.c1ccccc1. The topological polar surface area (TPSA) is 280 Å². The Bertz CT molecular complexity index is 1710. The van der Waals surface area contributed by atoms with Gasteiger partial charge >= 0.3 is 24.4 Å². The molecule has 1 heterocycles. The molecule has 0 unspecified atom stereocenters. The minimum absolute atomic E-state index is 0. The molecule has 0 fully saturated rings. The summed E-state index contributed by atoms with van der Waals surface area (Å²) in [4.78, 5) is 80.2. The Labute approximate surface area is 427 Å². The van der Waals surface area contributed by atoms with Gasteiger partial charge in [0.2, 0.25) is 5.78 Å². The molecule has 5 aromatic rings. The van der Waals surface area contributed by atoms with Crippen LogP contribution in [0, 0.1) is 6.92 Å². The van der Waals surface area contributed by atoms with Crippen molar-refractivity contribution in [2.24, 2.45) is 0 Å². The van der Waals surface area contributed by atoms with Crippen LogP contribution in [0.15, 0.2) is 156 Å². The van der Waals surface area contributed by atoms with Gasteiger partial charge in [0.05, 0.1) is 7.11 Å². The van der Waals surface area contributed by atoms with Gasteiger partial charge < -0.3 is 43.2 Å². The quantitative estimate of drug-likeness (QED) is 0.0652. The van der Waals surface area contributed by atoms with Crippen molar-refractivity contribution in [3.05, 3.63) is 163 Å². The first-order valence-corrected chi connectivity index (χ1v) is 23.1. The van der Waals surface area contributed by atoms with E-state index >= 15 is 0 Å². The van der Waals surface area contributed by atoms with Crippen LogP contribution in [0.5, 0.6) is 5.95 Å². The Balaban J connectivity index is -0.0000000536. The van der Waals surface area contributed by atoms with Crippen LogP contribution in [0.3, 0.4) is 0 Å². The van der Waals surface area contributed by atoms with Gasteiger partial charge in [-0.2, -0.15) is 0 Å². The van der Waals surface area contributed by atoms with E-state index in [9.17, 15) is 18.9 Å². The van der Waals surface area contributed by atoms with Gasteiger partial charge in [-0.3, -0.25) is 14.1 Å². The number of ketones is 2. The van der Waals surface area contributed by atoms with Gasteiger partial charge in [0, 0.05) is 25.7 Å². The maximum atomic E-state index is 10.6. The van der Waals surface area contributed by atoms with Crippen molar-refractivity contribution in [2.75, 3.05) is 14.2 Å². The molecule has 406 valence electrons. The summed E-state index contributed by atoms with van der Waals surface area (Å²) in [7, 11) is -4.73. The van der Waals surface area contributed by atoms with Crippen molar-refractivity contribution in [1.29, 1.82) is 0 Å². The summed E-state index contributed by atoms with van der Waals surface area (Å²) in [5, 5.41) is 7.64. The molecule has 19 heteroatoms. The van der Waals surface area contributed by atoms with Crippen molar-refractivity contribution in [3.8, 4) is 5.95 Å². The molecular formula is C52H85O17PS. The summed E-state index contributed by atoms with van der Waals surface area (Å²) < 4.78 is 48.2. The van der Waals surface area contributed by atoms with Gasteiger partial charge in [-0.1, -0.05) is 196 Å². The highest BCUT2D eigenvalue weighted by Gasteiger charge is 2.07. The molecule has 0 saturated carbocycles. The molecule has 0 radical (unpaired) electrons. The summed E-state index contributed by atoms with van der Waals surface area (Å²) in [5.74, 6) is -0.634. The number of carbonyl (C=O) groups is 7. The third kappa shape index (κ3) is 139. The zero-order valence-electron chi connectivity index (χ0n) is 42.7. The lowest BCUT2D eigenvalue weighted by Gasteiger charge is -1.93. The zero-order valence-corrected chi connectivity index (χ0v) is 44.4. The van der Waals surface area contributed by atoms with E-state index in [1.165, 1.54) is 27.7 Å². The number of aryl methyl sites for hydroxylation is 1. The number of carboxylic acids is 1. The number of hydrogen-bond donors (Lipinski definition) is 3. The minimum atomic E-state index is -4.15. The normalized spacial score (nSPS) is 7.17. The highest BCUT2D eigenvalue weighted by Crippen LogP contribution is 2.33. The number of phosphoric acid groups is 1. The number of benzene rings is 4. The first kappa shape index (κ1) is 94.1. The van der Waals surface area contributed by atoms with E-state index in [4.69, 9.17) is 55.9 Å². The molecular weight excluding hydrogens is 960 g/mol. The number of aliphatic carboxylic acids is 1. The van der Waals surface area contributed by atoms with E-state index in [-0.39, 0.29) is 20.6 Å². The highest BCUT2D eigenvalue weighted by molar-refractivity contribution is 7.59. The predicted octanol–water partition coefficient (Wildman–Crippen LogP) is 12.1. The summed E-state index contributed by atoms with van der Waals surface area (Å²) in [6, 6.07) is 48.9. The highest BCUT2D eigenvalue weighted by atomic mass is 32.2. The van der Waals surface area contributed by atoms with Gasteiger partial charge in [-0.25, -0.2) is 9.36 Å². The molecule has 0 aliphatic carbocycles. The first-order chi connectivity index (χ1) is 32.7. The lowest BCUT2D eigenvalue weighted by atomic mass is 10.2. The van der Waals surface area contributed by atoms with E-state index < -0.39 is 30.2 Å². The largest absolute Gasteiger partial charge is 0.476 e. The fraction of sp³-hybridized carbons (Fsp3) is 0.327. The van der Waals surface area contributed by atoms with E-state index in [0.717, 1.165) is 50.5 Å². The van der Waals surface area contributed by atoms with Crippen molar-refractivity contribution in [2.45, 2.75) is 105 Å². The van der Waals surface area contributed by atoms with E-state index in [1.807, 2.05) is 194 Å². The monoisotopic (exact) mass is 1040 g/mol. The van der Waals surface area contributed by atoms with Crippen LogP contribution in [0.1, 0.15) is 114 Å². The number of ether oxygens (including phenoxy) is 1. The van der Waals surface area contributed by atoms with Gasteiger partial charge in [0.25, 0.3) is 5.95 Å². The van der Waals surface area contributed by atoms with Crippen LogP contribution in [0.2, 0.25) is 0 Å². The Morgan fingerprint density at radius 2 is 0.704 bits per heavy atom. The fourth-order valence-electron chi connectivity index (χ4n) is 2.35. The molecule has 0 amide bonds. The average Bonchev–Trinajstić information content (AvgIpc) is 3.80. The number of phosphoric ester groups is 1. The molecule has 3 N–H and O–H groups in total. The summed E-state index contributed by atoms with van der Waals surface area (Å²) in [5.41, 5.74) is 0.775. The Kier molecular flexibility index (Phi) is 119. The maximum absolute atomic E-state index is 10.6. The first-order valence-electron chi connectivity index (χ1n) is 20.6.